The van der Waals surface area contributed by atoms with E-state index in [2.05, 4.69) is 5.32 Å². The maximum atomic E-state index is 15.9. The monoisotopic (exact) mass is 715 g/mol. The third-order valence-corrected chi connectivity index (χ3v) is 9.36. The number of carboxylic acid groups (broad SMARTS) is 1. The standard InChI is InChI=1S/C37H35F6N3O5/c1-19-4-3-5-30-33(19)23-10-20(2)34(40)26(12-23)29(14-32(48)49)44-36(50)35(25-11-21(18-51-30)6-7-28(25)39)46-15-22(8-9-45-16-24(38)17-45)27(13-31(46)47)37(41,42)43/h3-7,10-13,15,24,29,31,35,47H,8-9,14,16-18H2,1-2H3,(H,44,50)(H,48,49)/t29-,31?,35-/m0/s1. The molecule has 0 saturated carbocycles. The van der Waals surface area contributed by atoms with Crippen LogP contribution in [0.1, 0.15) is 52.7 Å². The van der Waals surface area contributed by atoms with Gasteiger partial charge in [-0.1, -0.05) is 18.2 Å². The van der Waals surface area contributed by atoms with Crippen LogP contribution in [-0.2, 0) is 16.2 Å². The number of carbonyl (C=O) groups is 2. The van der Waals surface area contributed by atoms with E-state index in [1.807, 2.05) is 13.0 Å². The van der Waals surface area contributed by atoms with Gasteiger partial charge in [-0.3, -0.25) is 14.5 Å². The van der Waals surface area contributed by atoms with Crippen molar-refractivity contribution in [2.24, 2.45) is 0 Å². The van der Waals surface area contributed by atoms with Gasteiger partial charge in [0.05, 0.1) is 18.0 Å². The highest BCUT2D eigenvalue weighted by molar-refractivity contribution is 5.85. The second-order valence-electron chi connectivity index (χ2n) is 13.1. The number of hydrogen-bond donors (Lipinski definition) is 3. The zero-order valence-electron chi connectivity index (χ0n) is 27.6. The van der Waals surface area contributed by atoms with Crippen LogP contribution in [0.2, 0.25) is 0 Å². The molecule has 3 N–H and O–H groups in total. The summed E-state index contributed by atoms with van der Waals surface area (Å²) in [5.41, 5.74) is 0.235. The molecule has 1 amide bonds. The minimum Gasteiger partial charge on any atom is -0.488 e. The van der Waals surface area contributed by atoms with Crippen LogP contribution in [-0.4, -0.2) is 70.1 Å². The van der Waals surface area contributed by atoms with Crippen LogP contribution in [0.3, 0.4) is 0 Å². The van der Waals surface area contributed by atoms with E-state index in [1.165, 1.54) is 25.1 Å². The Morgan fingerprint density at radius 3 is 2.47 bits per heavy atom. The van der Waals surface area contributed by atoms with Gasteiger partial charge in [-0.15, -0.1) is 0 Å². The molecule has 0 spiro atoms. The van der Waals surface area contributed by atoms with Crippen molar-refractivity contribution >= 4 is 11.9 Å². The van der Waals surface area contributed by atoms with Gasteiger partial charge in [-0.05, 0) is 84.5 Å². The van der Waals surface area contributed by atoms with Gasteiger partial charge in [0.25, 0.3) is 0 Å². The van der Waals surface area contributed by atoms with Gasteiger partial charge in [0.1, 0.15) is 42.4 Å². The van der Waals surface area contributed by atoms with Gasteiger partial charge in [-0.2, -0.15) is 13.2 Å². The summed E-state index contributed by atoms with van der Waals surface area (Å²) in [6.07, 6.45) is -7.74. The number of aliphatic carboxylic acids is 1. The molecule has 0 radical (unpaired) electrons. The first-order valence-electron chi connectivity index (χ1n) is 16.3. The molecule has 0 aliphatic carbocycles. The molecule has 3 aromatic rings. The molecule has 1 unspecified atom stereocenters. The van der Waals surface area contributed by atoms with E-state index in [-0.39, 0.29) is 54.9 Å². The van der Waals surface area contributed by atoms with E-state index in [4.69, 9.17) is 4.74 Å². The normalized spacial score (nSPS) is 21.4. The van der Waals surface area contributed by atoms with Crippen molar-refractivity contribution in [3.05, 3.63) is 111 Å². The van der Waals surface area contributed by atoms with Gasteiger partial charge < -0.3 is 25.2 Å². The lowest BCUT2D eigenvalue weighted by atomic mass is 9.91. The van der Waals surface area contributed by atoms with Gasteiger partial charge in [0, 0.05) is 42.5 Å². The molecule has 3 aliphatic rings. The predicted molar refractivity (Wildman–Crippen MR) is 174 cm³/mol. The van der Waals surface area contributed by atoms with Gasteiger partial charge >= 0.3 is 12.1 Å². The van der Waals surface area contributed by atoms with E-state index in [1.54, 1.807) is 23.1 Å². The Kier molecular flexibility index (Phi) is 9.93. The summed E-state index contributed by atoms with van der Waals surface area (Å²) < 4.78 is 94.1. The summed E-state index contributed by atoms with van der Waals surface area (Å²) in [5, 5.41) is 23.5. The molecular formula is C37H35F6N3O5. The lowest BCUT2D eigenvalue weighted by Crippen LogP contribution is -2.49. The molecule has 14 heteroatoms. The topological polar surface area (TPSA) is 102 Å². The fraction of sp³-hybridized carbons (Fsp3) is 0.351. The van der Waals surface area contributed by atoms with E-state index in [0.717, 1.165) is 22.7 Å². The number of ether oxygens (including phenoxy) is 1. The maximum absolute atomic E-state index is 15.9. The van der Waals surface area contributed by atoms with Gasteiger partial charge in [-0.25, -0.2) is 13.2 Å². The zero-order chi connectivity index (χ0) is 36.8. The molecule has 3 atom stereocenters. The molecule has 3 aromatic carbocycles. The van der Waals surface area contributed by atoms with Crippen molar-refractivity contribution in [2.75, 3.05) is 19.6 Å². The molecule has 4 bridgehead atoms. The summed E-state index contributed by atoms with van der Waals surface area (Å²) in [4.78, 5) is 28.9. The smallest absolute Gasteiger partial charge is 0.416 e. The summed E-state index contributed by atoms with van der Waals surface area (Å²) in [5.74, 6) is -3.90. The summed E-state index contributed by atoms with van der Waals surface area (Å²) in [6, 6.07) is 8.53. The Balaban J connectivity index is 1.51. The molecule has 1 fully saturated rings. The Hall–Kier alpha value is -4.82. The molecule has 51 heavy (non-hydrogen) atoms. The van der Waals surface area contributed by atoms with Gasteiger partial charge in [0.2, 0.25) is 5.91 Å². The van der Waals surface area contributed by atoms with Crippen molar-refractivity contribution in [2.45, 2.75) is 64.0 Å². The molecule has 270 valence electrons. The third-order valence-electron chi connectivity index (χ3n) is 9.36. The number of carboxylic acids is 1. The largest absolute Gasteiger partial charge is 0.488 e. The first-order chi connectivity index (χ1) is 24.1. The average molecular weight is 716 g/mol. The SMILES string of the molecule is Cc1cc2cc(c1F)[C@H](CC(=O)O)NC(=O)[C@@H](N1C=C(CCN3CC(F)C3)C(C(F)(F)F)=CC1O)c1cc(ccc1F)COc1cccc(C)c1-2. The second-order valence-corrected chi connectivity index (χ2v) is 13.1. The minimum absolute atomic E-state index is 0.0399. The van der Waals surface area contributed by atoms with Crippen LogP contribution in [0.25, 0.3) is 11.1 Å². The molecule has 3 aliphatic heterocycles. The number of aliphatic hydroxyl groups is 1. The van der Waals surface area contributed by atoms with Crippen LogP contribution in [0.15, 0.2) is 72.0 Å². The Bertz CT molecular complexity index is 1920. The maximum Gasteiger partial charge on any atom is 0.416 e. The van der Waals surface area contributed by atoms with Crippen LogP contribution in [0, 0.1) is 25.5 Å². The van der Waals surface area contributed by atoms with E-state index >= 15 is 8.78 Å². The molecule has 1 saturated heterocycles. The van der Waals surface area contributed by atoms with Crippen molar-refractivity contribution in [1.82, 2.24) is 15.1 Å². The lowest BCUT2D eigenvalue weighted by molar-refractivity contribution is -0.138. The number of hydrogen-bond acceptors (Lipinski definition) is 6. The lowest BCUT2D eigenvalue weighted by Gasteiger charge is -2.39. The van der Waals surface area contributed by atoms with Gasteiger partial charge in [0.15, 0.2) is 0 Å². The number of fused-ring (bicyclic) bond motifs is 6. The minimum atomic E-state index is -4.91. The number of likely N-dealkylation sites (tertiary alicyclic amines) is 1. The molecule has 6 rings (SSSR count). The van der Waals surface area contributed by atoms with Crippen LogP contribution < -0.4 is 10.1 Å². The number of carbonyl (C=O) groups excluding carboxylic acids is 1. The van der Waals surface area contributed by atoms with Crippen molar-refractivity contribution in [3.8, 4) is 16.9 Å². The highest BCUT2D eigenvalue weighted by atomic mass is 19.4. The number of nitrogens with zero attached hydrogens (tertiary/aromatic N) is 2. The Morgan fingerprint density at radius 1 is 1.04 bits per heavy atom. The quantitative estimate of drug-likeness (QED) is 0.249. The highest BCUT2D eigenvalue weighted by Crippen LogP contribution is 2.41. The summed E-state index contributed by atoms with van der Waals surface area (Å²) >= 11 is 0. The van der Waals surface area contributed by atoms with Crippen LogP contribution in [0.5, 0.6) is 5.75 Å². The van der Waals surface area contributed by atoms with E-state index in [0.29, 0.717) is 28.5 Å². The van der Waals surface area contributed by atoms with E-state index < -0.39 is 66.2 Å². The van der Waals surface area contributed by atoms with Crippen molar-refractivity contribution in [3.63, 3.8) is 0 Å². The predicted octanol–water partition coefficient (Wildman–Crippen LogP) is 6.56. The Labute approximate surface area is 289 Å². The number of allylic oxidation sites excluding steroid dienone is 1. The second kappa shape index (κ2) is 14.1. The number of halogens is 6. The molecule has 3 heterocycles. The summed E-state index contributed by atoms with van der Waals surface area (Å²) in [6.45, 7) is 3.27. The highest BCUT2D eigenvalue weighted by Gasteiger charge is 2.43. The number of rotatable bonds is 6. The molecule has 0 aromatic heterocycles. The number of nitrogens with one attached hydrogen (secondary N) is 1. The molecule has 8 nitrogen and oxygen atoms in total. The summed E-state index contributed by atoms with van der Waals surface area (Å²) in [7, 11) is 0. The number of aryl methyl sites for hydroxylation is 2. The average Bonchev–Trinajstić information content (AvgIpc) is 3.03. The first-order valence-corrected chi connectivity index (χ1v) is 16.3. The number of alkyl halides is 4. The first kappa shape index (κ1) is 36.0. The fourth-order valence-corrected chi connectivity index (χ4v) is 6.82. The molecular weight excluding hydrogens is 680 g/mol. The third kappa shape index (κ3) is 7.47. The van der Waals surface area contributed by atoms with E-state index in [9.17, 15) is 37.4 Å². The number of benzene rings is 3. The fourth-order valence-electron chi connectivity index (χ4n) is 6.82. The number of amides is 1. The van der Waals surface area contributed by atoms with Crippen molar-refractivity contribution in [1.29, 1.82) is 0 Å². The number of aliphatic hydroxyl groups excluding tert-OH is 1. The zero-order valence-corrected chi connectivity index (χ0v) is 27.6. The van der Waals surface area contributed by atoms with Crippen LogP contribution >= 0.6 is 0 Å². The Morgan fingerprint density at radius 2 is 1.78 bits per heavy atom. The van der Waals surface area contributed by atoms with Crippen molar-refractivity contribution < 1.29 is 50.9 Å². The van der Waals surface area contributed by atoms with Crippen LogP contribution in [0.4, 0.5) is 26.3 Å².